The zero-order valence-electron chi connectivity index (χ0n) is 14.3. The number of thiocarbonyl (C=S) groups is 1. The van der Waals surface area contributed by atoms with Crippen LogP contribution in [0.1, 0.15) is 19.4 Å². The Labute approximate surface area is 168 Å². The van der Waals surface area contributed by atoms with Gasteiger partial charge in [0.25, 0.3) is 0 Å². The first-order chi connectivity index (χ1) is 11.9. The highest BCUT2D eigenvalue weighted by atomic mass is 127. The Bertz CT molecular complexity index is 747. The summed E-state index contributed by atoms with van der Waals surface area (Å²) >= 11 is 7.42. The maximum Gasteiger partial charge on any atom is 0.226 e. The van der Waals surface area contributed by atoms with Gasteiger partial charge in [0.1, 0.15) is 4.99 Å². The number of carbonyl (C=O) groups excluding carboxylic acids is 1. The Morgan fingerprint density at radius 3 is 2.48 bits per heavy atom. The number of nitrogens with one attached hydrogen (secondary N) is 1. The molecule has 0 radical (unpaired) electrons. The van der Waals surface area contributed by atoms with Gasteiger partial charge in [-0.05, 0) is 34.9 Å². The number of hydrogen-bond acceptors (Lipinski definition) is 3. The van der Waals surface area contributed by atoms with Crippen LogP contribution in [0.15, 0.2) is 48.5 Å². The molecule has 0 bridgehead atoms. The average Bonchev–Trinajstić information content (AvgIpc) is 2.61. The van der Waals surface area contributed by atoms with Gasteiger partial charge in [-0.15, -0.1) is 0 Å². The van der Waals surface area contributed by atoms with Gasteiger partial charge in [0.05, 0.1) is 29.4 Å². The summed E-state index contributed by atoms with van der Waals surface area (Å²) in [5.41, 5.74) is 9.80. The van der Waals surface area contributed by atoms with E-state index in [-0.39, 0.29) is 11.8 Å². The van der Waals surface area contributed by atoms with E-state index in [1.165, 1.54) is 5.56 Å². The molecule has 0 aromatic heterocycles. The smallest absolute Gasteiger partial charge is 0.226 e. The second-order valence-corrected chi connectivity index (χ2v) is 7.68. The van der Waals surface area contributed by atoms with Crippen LogP contribution in [0, 0.1) is 5.92 Å². The molecule has 2 aromatic carbocycles. The molecule has 6 heteroatoms. The van der Waals surface area contributed by atoms with Crippen LogP contribution in [0.25, 0.3) is 11.1 Å². The third kappa shape index (κ3) is 5.76. The molecule has 0 aliphatic heterocycles. The van der Waals surface area contributed by atoms with E-state index in [4.69, 9.17) is 18.0 Å². The van der Waals surface area contributed by atoms with E-state index in [1.54, 1.807) is 0 Å². The molecular weight excluding hydrogens is 445 g/mol. The first-order valence-corrected chi connectivity index (χ1v) is 9.44. The molecule has 0 saturated heterocycles. The average molecular weight is 467 g/mol. The Morgan fingerprint density at radius 1 is 1.20 bits per heavy atom. The van der Waals surface area contributed by atoms with Gasteiger partial charge < -0.3 is 14.2 Å². The number of nitrogens with two attached hydrogens (primary N) is 1. The van der Waals surface area contributed by atoms with E-state index in [2.05, 4.69) is 46.4 Å². The zero-order valence-corrected chi connectivity index (χ0v) is 17.3. The minimum Gasteiger partial charge on any atom is -0.326 e. The van der Waals surface area contributed by atoms with Gasteiger partial charge >= 0.3 is 0 Å². The van der Waals surface area contributed by atoms with Crippen LogP contribution in [0.4, 0.5) is 5.69 Å². The predicted octanol–water partition coefficient (Wildman–Crippen LogP) is 4.39. The molecule has 0 unspecified atom stereocenters. The van der Waals surface area contributed by atoms with Gasteiger partial charge in [0.15, 0.2) is 0 Å². The number of anilines is 1. The van der Waals surface area contributed by atoms with Gasteiger partial charge in [-0.3, -0.25) is 4.79 Å². The number of hydrogen-bond donors (Lipinski definition) is 2. The molecule has 0 atom stereocenters. The van der Waals surface area contributed by atoms with Gasteiger partial charge in [-0.1, -0.05) is 56.4 Å². The minimum atomic E-state index is -0.0350. The molecule has 3 N–H and O–H groups in total. The first-order valence-electron chi connectivity index (χ1n) is 8.07. The first kappa shape index (κ1) is 19.8. The molecule has 132 valence electrons. The third-order valence-electron chi connectivity index (χ3n) is 3.70. The lowest BCUT2D eigenvalue weighted by Gasteiger charge is -2.17. The van der Waals surface area contributed by atoms with Gasteiger partial charge in [0.2, 0.25) is 5.91 Å². The third-order valence-corrected chi connectivity index (χ3v) is 5.34. The summed E-state index contributed by atoms with van der Waals surface area (Å²) in [5, 5.41) is 2.90. The fraction of sp³-hybridized carbons (Fsp3) is 0.263. The highest BCUT2D eigenvalue weighted by Crippen LogP contribution is 2.24. The Hall–Kier alpha value is -1.51. The summed E-state index contributed by atoms with van der Waals surface area (Å²) in [6.07, 6.45) is 0. The van der Waals surface area contributed by atoms with Crippen molar-refractivity contribution < 1.29 is 4.79 Å². The van der Waals surface area contributed by atoms with Crippen LogP contribution < -0.4 is 11.1 Å². The Kier molecular flexibility index (Phi) is 7.34. The van der Waals surface area contributed by atoms with E-state index < -0.39 is 0 Å². The molecular formula is C19H22IN3OS. The monoisotopic (exact) mass is 467 g/mol. The maximum absolute atomic E-state index is 11.8. The van der Waals surface area contributed by atoms with Crippen molar-refractivity contribution in [1.29, 1.82) is 0 Å². The van der Waals surface area contributed by atoms with Crippen molar-refractivity contribution >= 4 is 51.7 Å². The van der Waals surface area contributed by atoms with Crippen molar-refractivity contribution in [3.63, 3.8) is 0 Å². The molecule has 0 spiro atoms. The zero-order chi connectivity index (χ0) is 18.4. The van der Waals surface area contributed by atoms with Crippen molar-refractivity contribution in [3.05, 3.63) is 54.1 Å². The highest BCUT2D eigenvalue weighted by Gasteiger charge is 2.08. The summed E-state index contributed by atoms with van der Waals surface area (Å²) < 4.78 is 1.96. The minimum absolute atomic E-state index is 0.0211. The van der Waals surface area contributed by atoms with E-state index in [0.29, 0.717) is 13.1 Å². The number of carbonyl (C=O) groups is 1. The van der Waals surface area contributed by atoms with Crippen molar-refractivity contribution in [1.82, 2.24) is 3.11 Å². The highest BCUT2D eigenvalue weighted by molar-refractivity contribution is 14.1. The fourth-order valence-electron chi connectivity index (χ4n) is 2.23. The van der Waals surface area contributed by atoms with Crippen LogP contribution >= 0.6 is 35.1 Å². The molecule has 4 nitrogen and oxygen atoms in total. The lowest BCUT2D eigenvalue weighted by atomic mass is 10.0. The maximum atomic E-state index is 11.8. The quantitative estimate of drug-likeness (QED) is 0.376. The predicted molar refractivity (Wildman–Crippen MR) is 117 cm³/mol. The molecule has 0 saturated carbocycles. The van der Waals surface area contributed by atoms with Crippen molar-refractivity contribution in [2.24, 2.45) is 11.7 Å². The van der Waals surface area contributed by atoms with Crippen molar-refractivity contribution in [3.8, 4) is 11.1 Å². The van der Waals surface area contributed by atoms with Gasteiger partial charge in [-0.2, -0.15) is 0 Å². The molecule has 1 amide bonds. The summed E-state index contributed by atoms with van der Waals surface area (Å²) in [5.74, 6) is -0.0139. The SMILES string of the molecule is CC(C)C(=O)Nc1ccc(-c2cccc(CN(I)C(=S)CN)c2)cc1. The number of nitrogens with zero attached hydrogens (tertiary/aromatic N) is 1. The lowest BCUT2D eigenvalue weighted by Crippen LogP contribution is -2.25. The molecule has 0 aliphatic rings. The fourth-order valence-corrected chi connectivity index (χ4v) is 2.88. The normalized spacial score (nSPS) is 10.6. The van der Waals surface area contributed by atoms with Gasteiger partial charge in [-0.25, -0.2) is 0 Å². The van der Waals surface area contributed by atoms with Crippen LogP contribution in [-0.4, -0.2) is 20.6 Å². The van der Waals surface area contributed by atoms with Crippen LogP contribution in [-0.2, 0) is 11.3 Å². The number of benzene rings is 2. The summed E-state index contributed by atoms with van der Waals surface area (Å²) in [6, 6.07) is 16.2. The topological polar surface area (TPSA) is 58.4 Å². The van der Waals surface area contributed by atoms with Crippen molar-refractivity contribution in [2.75, 3.05) is 11.9 Å². The van der Waals surface area contributed by atoms with Crippen LogP contribution in [0.5, 0.6) is 0 Å². The largest absolute Gasteiger partial charge is 0.326 e. The summed E-state index contributed by atoms with van der Waals surface area (Å²) in [6.45, 7) is 4.85. The summed E-state index contributed by atoms with van der Waals surface area (Å²) in [4.78, 5) is 12.5. The van der Waals surface area contributed by atoms with Gasteiger partial charge in [0, 0.05) is 18.2 Å². The van der Waals surface area contributed by atoms with E-state index >= 15 is 0 Å². The lowest BCUT2D eigenvalue weighted by molar-refractivity contribution is -0.118. The van der Waals surface area contributed by atoms with Crippen molar-refractivity contribution in [2.45, 2.75) is 20.4 Å². The van der Waals surface area contributed by atoms with Crippen LogP contribution in [0.2, 0.25) is 0 Å². The molecule has 2 rings (SSSR count). The number of halogens is 1. The Balaban J connectivity index is 2.12. The molecule has 0 heterocycles. The standard InChI is InChI=1S/C19H22IN3OS/c1-13(2)19(24)22-17-8-6-15(7-9-17)16-5-3-4-14(10-16)12-23(20)18(25)11-21/h3-10,13H,11-12,21H2,1-2H3,(H,22,24). The molecule has 0 fully saturated rings. The molecule has 2 aromatic rings. The van der Waals surface area contributed by atoms with E-state index in [1.807, 2.05) is 47.3 Å². The van der Waals surface area contributed by atoms with E-state index in [9.17, 15) is 4.79 Å². The molecule has 25 heavy (non-hydrogen) atoms. The second-order valence-electron chi connectivity index (χ2n) is 6.04. The second kappa shape index (κ2) is 9.26. The van der Waals surface area contributed by atoms with Crippen LogP contribution in [0.3, 0.4) is 0 Å². The number of amides is 1. The Morgan fingerprint density at radius 2 is 1.88 bits per heavy atom. The summed E-state index contributed by atoms with van der Waals surface area (Å²) in [7, 11) is 0. The molecule has 0 aliphatic carbocycles. The number of rotatable bonds is 6. The van der Waals surface area contributed by atoms with E-state index in [0.717, 1.165) is 21.8 Å².